The molecule has 0 saturated carbocycles. The van der Waals surface area contributed by atoms with E-state index in [-0.39, 0.29) is 0 Å². The Labute approximate surface area is 217 Å². The second kappa shape index (κ2) is 9.32. The third kappa shape index (κ3) is 4.17. The lowest BCUT2D eigenvalue weighted by Crippen LogP contribution is -2.37. The Morgan fingerprint density at radius 2 is 1.92 bits per heavy atom. The Hall–Kier alpha value is -5.25. The molecule has 0 amide bonds. The van der Waals surface area contributed by atoms with Crippen molar-refractivity contribution in [1.82, 2.24) is 40.1 Å². The van der Waals surface area contributed by atoms with Crippen LogP contribution in [0.2, 0.25) is 0 Å². The Balaban J connectivity index is 1.37. The van der Waals surface area contributed by atoms with Gasteiger partial charge in [-0.05, 0) is 42.8 Å². The number of benzene rings is 1. The maximum atomic E-state index is 9.65. The Morgan fingerprint density at radius 3 is 2.63 bits per heavy atom. The van der Waals surface area contributed by atoms with Crippen LogP contribution in [-0.4, -0.2) is 60.3 Å². The molecule has 38 heavy (non-hydrogen) atoms. The molecule has 5 heterocycles. The maximum absolute atomic E-state index is 9.65. The smallest absolute Gasteiger partial charge is 0.208 e. The average molecular weight is 509 g/mol. The summed E-state index contributed by atoms with van der Waals surface area (Å²) in [6, 6.07) is 13.5. The molecule has 1 aromatic carbocycles. The van der Waals surface area contributed by atoms with Crippen molar-refractivity contribution in [1.29, 1.82) is 5.26 Å². The molecule has 0 radical (unpaired) electrons. The maximum Gasteiger partial charge on any atom is 0.208 e. The molecule has 13 heteroatoms. The van der Waals surface area contributed by atoms with Gasteiger partial charge < -0.3 is 25.3 Å². The van der Waals surface area contributed by atoms with Gasteiger partial charge in [0.1, 0.15) is 29.0 Å². The van der Waals surface area contributed by atoms with Crippen molar-refractivity contribution in [3.63, 3.8) is 0 Å². The highest BCUT2D eigenvalue weighted by molar-refractivity contribution is 5.92. The Bertz CT molecular complexity index is 1690. The molecular formula is C25H24N12O. The van der Waals surface area contributed by atoms with E-state index in [4.69, 9.17) is 4.74 Å². The van der Waals surface area contributed by atoms with Gasteiger partial charge in [-0.25, -0.2) is 15.0 Å². The van der Waals surface area contributed by atoms with E-state index >= 15 is 0 Å². The van der Waals surface area contributed by atoms with Crippen molar-refractivity contribution >= 4 is 39.9 Å². The van der Waals surface area contributed by atoms with Crippen molar-refractivity contribution in [2.24, 2.45) is 7.05 Å². The first-order valence-corrected chi connectivity index (χ1v) is 12.0. The number of rotatable bonds is 7. The lowest BCUT2D eigenvalue weighted by atomic mass is 10.1. The second-order valence-corrected chi connectivity index (χ2v) is 8.83. The van der Waals surface area contributed by atoms with Crippen LogP contribution in [0.3, 0.4) is 0 Å². The van der Waals surface area contributed by atoms with Crippen LogP contribution >= 0.6 is 0 Å². The van der Waals surface area contributed by atoms with E-state index in [1.807, 2.05) is 43.3 Å². The van der Waals surface area contributed by atoms with Crippen molar-refractivity contribution in [2.45, 2.75) is 13.3 Å². The van der Waals surface area contributed by atoms with Crippen LogP contribution < -0.4 is 20.3 Å². The first-order chi connectivity index (χ1) is 18.5. The SMILES string of the molecule is COc1c(Nc2cc(Nc3ccc(N4CCC4)c(C#N)n3)nc3nc(C)[nH]c23)cccc1-c1nnn(C)n1. The predicted octanol–water partition coefficient (Wildman–Crippen LogP) is 3.43. The first-order valence-electron chi connectivity index (χ1n) is 12.0. The minimum atomic E-state index is 0.379. The average Bonchev–Trinajstić information content (AvgIpc) is 3.48. The topological polar surface area (TPSA) is 158 Å². The molecular weight excluding hydrogens is 484 g/mol. The molecule has 1 aliphatic rings. The van der Waals surface area contributed by atoms with Crippen LogP contribution in [0, 0.1) is 18.3 Å². The number of aromatic amines is 1. The van der Waals surface area contributed by atoms with E-state index in [0.717, 1.165) is 42.2 Å². The molecule has 1 saturated heterocycles. The van der Waals surface area contributed by atoms with Crippen LogP contribution in [0.5, 0.6) is 5.75 Å². The number of nitrogens with zero attached hydrogens (tertiary/aromatic N) is 9. The number of methoxy groups -OCH3 is 1. The van der Waals surface area contributed by atoms with E-state index < -0.39 is 0 Å². The summed E-state index contributed by atoms with van der Waals surface area (Å²) in [7, 11) is 3.30. The van der Waals surface area contributed by atoms with Crippen molar-refractivity contribution < 1.29 is 4.74 Å². The van der Waals surface area contributed by atoms with E-state index in [9.17, 15) is 5.26 Å². The fraction of sp³-hybridized carbons (Fsp3) is 0.240. The molecule has 13 nitrogen and oxygen atoms in total. The van der Waals surface area contributed by atoms with Crippen molar-refractivity contribution in [3.8, 4) is 23.2 Å². The summed E-state index contributed by atoms with van der Waals surface area (Å²) >= 11 is 0. The van der Waals surface area contributed by atoms with Gasteiger partial charge in [0.05, 0.1) is 36.8 Å². The van der Waals surface area contributed by atoms with Crippen LogP contribution in [0.4, 0.5) is 28.7 Å². The molecule has 5 aromatic rings. The summed E-state index contributed by atoms with van der Waals surface area (Å²) in [5, 5.41) is 28.7. The van der Waals surface area contributed by atoms with Gasteiger partial charge >= 0.3 is 0 Å². The normalized spacial score (nSPS) is 12.7. The monoisotopic (exact) mass is 508 g/mol. The molecule has 3 N–H and O–H groups in total. The predicted molar refractivity (Wildman–Crippen MR) is 142 cm³/mol. The van der Waals surface area contributed by atoms with Crippen LogP contribution in [0.25, 0.3) is 22.6 Å². The van der Waals surface area contributed by atoms with Gasteiger partial charge in [-0.3, -0.25) is 0 Å². The third-order valence-electron chi connectivity index (χ3n) is 6.25. The Morgan fingerprint density at radius 1 is 1.05 bits per heavy atom. The number of anilines is 5. The molecule has 4 aromatic heterocycles. The molecule has 0 bridgehead atoms. The van der Waals surface area contributed by atoms with Gasteiger partial charge in [-0.1, -0.05) is 6.07 Å². The second-order valence-electron chi connectivity index (χ2n) is 8.83. The quantitative estimate of drug-likeness (QED) is 0.296. The number of nitriles is 1. The summed E-state index contributed by atoms with van der Waals surface area (Å²) in [5.74, 6) is 2.78. The molecule has 190 valence electrons. The molecule has 0 aliphatic carbocycles. The van der Waals surface area contributed by atoms with Crippen molar-refractivity contribution in [3.05, 3.63) is 47.9 Å². The number of nitrogens with one attached hydrogen (secondary N) is 3. The number of aromatic nitrogens is 8. The zero-order valence-corrected chi connectivity index (χ0v) is 21.0. The van der Waals surface area contributed by atoms with Crippen LogP contribution in [0.1, 0.15) is 17.9 Å². The van der Waals surface area contributed by atoms with Crippen LogP contribution in [0.15, 0.2) is 36.4 Å². The van der Waals surface area contributed by atoms with Gasteiger partial charge in [0, 0.05) is 19.2 Å². The highest BCUT2D eigenvalue weighted by Crippen LogP contribution is 2.38. The molecule has 0 atom stereocenters. The number of hydrogen-bond acceptors (Lipinski definition) is 11. The van der Waals surface area contributed by atoms with Gasteiger partial charge in [0.25, 0.3) is 0 Å². The number of fused-ring (bicyclic) bond motifs is 1. The molecule has 1 aliphatic heterocycles. The zero-order valence-electron chi connectivity index (χ0n) is 21.0. The highest BCUT2D eigenvalue weighted by Gasteiger charge is 2.20. The number of hydrogen-bond donors (Lipinski definition) is 3. The van der Waals surface area contributed by atoms with E-state index in [1.54, 1.807) is 14.2 Å². The number of para-hydroxylation sites is 1. The van der Waals surface area contributed by atoms with E-state index in [1.165, 1.54) is 4.80 Å². The third-order valence-corrected chi connectivity index (χ3v) is 6.25. The summed E-state index contributed by atoms with van der Waals surface area (Å²) in [5.41, 5.74) is 4.61. The minimum absolute atomic E-state index is 0.379. The summed E-state index contributed by atoms with van der Waals surface area (Å²) in [6.45, 7) is 3.74. The number of pyridine rings is 2. The van der Waals surface area contributed by atoms with Gasteiger partial charge in [0.2, 0.25) is 5.82 Å². The largest absolute Gasteiger partial charge is 0.494 e. The van der Waals surface area contributed by atoms with E-state index in [0.29, 0.717) is 45.8 Å². The fourth-order valence-electron chi connectivity index (χ4n) is 4.38. The molecule has 1 fully saturated rings. The summed E-state index contributed by atoms with van der Waals surface area (Å²) in [4.78, 5) is 20.5. The lowest BCUT2D eigenvalue weighted by Gasteiger charge is -2.33. The van der Waals surface area contributed by atoms with Gasteiger partial charge in [-0.2, -0.15) is 10.1 Å². The van der Waals surface area contributed by atoms with Crippen LogP contribution in [-0.2, 0) is 7.05 Å². The molecule has 0 spiro atoms. The number of tetrazole rings is 1. The number of imidazole rings is 1. The van der Waals surface area contributed by atoms with E-state index in [2.05, 4.69) is 56.9 Å². The lowest BCUT2D eigenvalue weighted by molar-refractivity contribution is 0.418. The van der Waals surface area contributed by atoms with Gasteiger partial charge in [-0.15, -0.1) is 10.2 Å². The minimum Gasteiger partial charge on any atom is -0.494 e. The number of ether oxygens (including phenoxy) is 1. The van der Waals surface area contributed by atoms with Crippen molar-refractivity contribution in [2.75, 3.05) is 35.7 Å². The summed E-state index contributed by atoms with van der Waals surface area (Å²) < 4.78 is 5.74. The van der Waals surface area contributed by atoms with Gasteiger partial charge in [0.15, 0.2) is 17.1 Å². The number of aryl methyl sites for hydroxylation is 2. The molecule has 6 rings (SSSR count). The standard InChI is InChI=1S/C25H24N12O/c1-14-27-22-17(29-16-7-4-6-15(23(16)38-3)24-33-35-36(2)34-24)12-21(32-25(22)28-14)31-20-9-8-19(18(13-26)30-20)37-10-5-11-37/h4,6-9,12H,5,10-11H2,1-3H3,(H3,27,28,29,30,31,32). The highest BCUT2D eigenvalue weighted by atomic mass is 16.5. The zero-order chi connectivity index (χ0) is 26.2. The fourth-order valence-corrected chi connectivity index (χ4v) is 4.38. The first kappa shape index (κ1) is 23.2. The Kier molecular flexibility index (Phi) is 5.68. The summed E-state index contributed by atoms with van der Waals surface area (Å²) in [6.07, 6.45) is 1.12. The molecule has 0 unspecified atom stereocenters. The number of H-pyrrole nitrogens is 1.